The van der Waals surface area contributed by atoms with Crippen LogP contribution in [0.5, 0.6) is 0 Å². The number of halogens is 1. The third-order valence-electron chi connectivity index (χ3n) is 4.99. The summed E-state index contributed by atoms with van der Waals surface area (Å²) in [5.41, 5.74) is 4.54. The van der Waals surface area contributed by atoms with Crippen molar-refractivity contribution in [1.29, 1.82) is 0 Å². The number of hydrogen-bond donors (Lipinski definition) is 0. The van der Waals surface area contributed by atoms with Crippen molar-refractivity contribution < 1.29 is 9.18 Å². The molecule has 1 atom stereocenters. The van der Waals surface area contributed by atoms with Crippen LogP contribution in [0.3, 0.4) is 0 Å². The second kappa shape index (κ2) is 7.56. The standard InChI is InChI=1S/C21H20FN3OS/c1-14-20(27-13-23-14)21(26)25-11-5-6-15(12-25)18-9-4-10-19(24-18)16-7-2-3-8-17(16)22/h2-4,7-10,13,15H,5-6,11-12H2,1H3/t15-/m0/s1. The molecule has 1 aliphatic heterocycles. The SMILES string of the molecule is Cc1ncsc1C(=O)N1CCC[C@H](c2cccc(-c3ccccc3F)n2)C1. The molecular formula is C21H20FN3OS. The van der Waals surface area contributed by atoms with E-state index in [1.807, 2.05) is 36.1 Å². The lowest BCUT2D eigenvalue weighted by Gasteiger charge is -2.32. The molecule has 0 radical (unpaired) electrons. The molecule has 27 heavy (non-hydrogen) atoms. The van der Waals surface area contributed by atoms with E-state index in [4.69, 9.17) is 4.98 Å². The van der Waals surface area contributed by atoms with Crippen LogP contribution in [0.1, 0.15) is 39.8 Å². The van der Waals surface area contributed by atoms with Crippen LogP contribution in [-0.2, 0) is 0 Å². The van der Waals surface area contributed by atoms with Crippen molar-refractivity contribution in [2.45, 2.75) is 25.7 Å². The fourth-order valence-electron chi connectivity index (χ4n) is 3.55. The van der Waals surface area contributed by atoms with Gasteiger partial charge >= 0.3 is 0 Å². The van der Waals surface area contributed by atoms with Gasteiger partial charge in [0, 0.05) is 30.3 Å². The quantitative estimate of drug-likeness (QED) is 0.662. The Labute approximate surface area is 161 Å². The van der Waals surface area contributed by atoms with E-state index in [2.05, 4.69) is 4.98 Å². The molecule has 4 rings (SSSR count). The van der Waals surface area contributed by atoms with Crippen LogP contribution in [0.2, 0.25) is 0 Å². The Hall–Kier alpha value is -2.60. The van der Waals surface area contributed by atoms with Gasteiger partial charge in [0.05, 0.1) is 16.9 Å². The van der Waals surface area contributed by atoms with Gasteiger partial charge in [-0.2, -0.15) is 0 Å². The fraction of sp³-hybridized carbons (Fsp3) is 0.286. The third kappa shape index (κ3) is 3.62. The maximum Gasteiger partial charge on any atom is 0.265 e. The molecule has 1 aliphatic rings. The van der Waals surface area contributed by atoms with Gasteiger partial charge in [-0.1, -0.05) is 18.2 Å². The fourth-order valence-corrected chi connectivity index (χ4v) is 4.32. The zero-order valence-electron chi connectivity index (χ0n) is 15.1. The first-order chi connectivity index (χ1) is 13.1. The molecule has 4 nitrogen and oxygen atoms in total. The maximum atomic E-state index is 14.1. The summed E-state index contributed by atoms with van der Waals surface area (Å²) >= 11 is 1.39. The monoisotopic (exact) mass is 381 g/mol. The zero-order valence-corrected chi connectivity index (χ0v) is 15.9. The van der Waals surface area contributed by atoms with E-state index >= 15 is 0 Å². The Kier molecular flexibility index (Phi) is 4.99. The third-order valence-corrected chi connectivity index (χ3v) is 5.90. The number of carbonyl (C=O) groups excluding carboxylic acids is 1. The highest BCUT2D eigenvalue weighted by molar-refractivity contribution is 7.11. The molecule has 6 heteroatoms. The minimum absolute atomic E-state index is 0.0463. The summed E-state index contributed by atoms with van der Waals surface area (Å²) in [4.78, 5) is 24.3. The second-order valence-electron chi connectivity index (χ2n) is 6.78. The predicted octanol–water partition coefficient (Wildman–Crippen LogP) is 4.67. The zero-order chi connectivity index (χ0) is 18.8. The van der Waals surface area contributed by atoms with Crippen LogP contribution < -0.4 is 0 Å². The Morgan fingerprint density at radius 1 is 1.22 bits per heavy atom. The number of aromatic nitrogens is 2. The summed E-state index contributed by atoms with van der Waals surface area (Å²) < 4.78 is 14.1. The van der Waals surface area contributed by atoms with Gasteiger partial charge < -0.3 is 4.90 Å². The van der Waals surface area contributed by atoms with Gasteiger partial charge in [-0.05, 0) is 44.0 Å². The van der Waals surface area contributed by atoms with Crippen LogP contribution in [0.25, 0.3) is 11.3 Å². The molecule has 0 bridgehead atoms. The van der Waals surface area contributed by atoms with E-state index in [-0.39, 0.29) is 17.6 Å². The largest absolute Gasteiger partial charge is 0.337 e. The number of rotatable bonds is 3. The number of piperidine rings is 1. The molecule has 0 unspecified atom stereocenters. The smallest absolute Gasteiger partial charge is 0.265 e. The summed E-state index contributed by atoms with van der Waals surface area (Å²) in [6.45, 7) is 3.24. The molecule has 0 N–H and O–H groups in total. The summed E-state index contributed by atoms with van der Waals surface area (Å²) in [6, 6.07) is 12.4. The summed E-state index contributed by atoms with van der Waals surface area (Å²) in [5.74, 6) is -0.0733. The molecule has 1 aromatic carbocycles. The molecule has 0 spiro atoms. The number of likely N-dealkylation sites (tertiary alicyclic amines) is 1. The van der Waals surface area contributed by atoms with E-state index in [1.54, 1.807) is 17.6 Å². The number of amides is 1. The summed E-state index contributed by atoms with van der Waals surface area (Å²) in [5, 5.41) is 0. The number of benzene rings is 1. The summed E-state index contributed by atoms with van der Waals surface area (Å²) in [6.07, 6.45) is 1.90. The van der Waals surface area contributed by atoms with Crippen LogP contribution in [-0.4, -0.2) is 33.9 Å². The molecule has 138 valence electrons. The second-order valence-corrected chi connectivity index (χ2v) is 7.64. The van der Waals surface area contributed by atoms with Gasteiger partial charge in [-0.15, -0.1) is 11.3 Å². The first kappa shape index (κ1) is 17.8. The Bertz CT molecular complexity index is 971. The lowest BCUT2D eigenvalue weighted by molar-refractivity contribution is 0.0710. The number of nitrogens with zero attached hydrogens (tertiary/aromatic N) is 3. The predicted molar refractivity (Wildman–Crippen MR) is 104 cm³/mol. The van der Waals surface area contributed by atoms with E-state index < -0.39 is 0 Å². The van der Waals surface area contributed by atoms with Gasteiger partial charge in [-0.25, -0.2) is 9.37 Å². The van der Waals surface area contributed by atoms with Crippen molar-refractivity contribution >= 4 is 17.2 Å². The minimum atomic E-state index is -0.275. The van der Waals surface area contributed by atoms with Crippen LogP contribution >= 0.6 is 11.3 Å². The summed E-state index contributed by atoms with van der Waals surface area (Å²) in [7, 11) is 0. The van der Waals surface area contributed by atoms with Crippen molar-refractivity contribution in [2.24, 2.45) is 0 Å². The number of thiazole rings is 1. The van der Waals surface area contributed by atoms with Crippen LogP contribution in [0.15, 0.2) is 48.0 Å². The molecule has 3 aromatic rings. The highest BCUT2D eigenvalue weighted by Gasteiger charge is 2.28. The molecule has 1 amide bonds. The van der Waals surface area contributed by atoms with Gasteiger partial charge in [0.15, 0.2) is 0 Å². The van der Waals surface area contributed by atoms with Crippen LogP contribution in [0, 0.1) is 12.7 Å². The number of aryl methyl sites for hydroxylation is 1. The van der Waals surface area contributed by atoms with Crippen molar-refractivity contribution in [2.75, 3.05) is 13.1 Å². The average Bonchev–Trinajstić information content (AvgIpc) is 3.14. The number of carbonyl (C=O) groups is 1. The highest BCUT2D eigenvalue weighted by Crippen LogP contribution is 2.29. The minimum Gasteiger partial charge on any atom is -0.337 e. The van der Waals surface area contributed by atoms with Crippen molar-refractivity contribution in [1.82, 2.24) is 14.9 Å². The van der Waals surface area contributed by atoms with E-state index in [0.29, 0.717) is 22.7 Å². The average molecular weight is 381 g/mol. The van der Waals surface area contributed by atoms with E-state index in [0.717, 1.165) is 30.8 Å². The molecule has 1 saturated heterocycles. The molecular weight excluding hydrogens is 361 g/mol. The maximum absolute atomic E-state index is 14.1. The Morgan fingerprint density at radius 3 is 2.85 bits per heavy atom. The first-order valence-electron chi connectivity index (χ1n) is 9.04. The van der Waals surface area contributed by atoms with Gasteiger partial charge in [0.25, 0.3) is 5.91 Å². The number of pyridine rings is 1. The van der Waals surface area contributed by atoms with E-state index in [9.17, 15) is 9.18 Å². The first-order valence-corrected chi connectivity index (χ1v) is 9.92. The molecule has 2 aromatic heterocycles. The van der Waals surface area contributed by atoms with Crippen molar-refractivity contribution in [3.8, 4) is 11.3 Å². The molecule has 0 aliphatic carbocycles. The van der Waals surface area contributed by atoms with Gasteiger partial charge in [-0.3, -0.25) is 9.78 Å². The highest BCUT2D eigenvalue weighted by atomic mass is 32.1. The van der Waals surface area contributed by atoms with Crippen molar-refractivity contribution in [3.63, 3.8) is 0 Å². The normalized spacial score (nSPS) is 17.1. The molecule has 1 fully saturated rings. The molecule has 3 heterocycles. The lowest BCUT2D eigenvalue weighted by atomic mass is 9.93. The Balaban J connectivity index is 1.57. The molecule has 0 saturated carbocycles. The van der Waals surface area contributed by atoms with Crippen LogP contribution in [0.4, 0.5) is 4.39 Å². The lowest BCUT2D eigenvalue weighted by Crippen LogP contribution is -2.39. The topological polar surface area (TPSA) is 46.1 Å². The van der Waals surface area contributed by atoms with Gasteiger partial charge in [0.1, 0.15) is 10.7 Å². The number of hydrogen-bond acceptors (Lipinski definition) is 4. The Morgan fingerprint density at radius 2 is 2.07 bits per heavy atom. The van der Waals surface area contributed by atoms with Crippen molar-refractivity contribution in [3.05, 3.63) is 70.1 Å². The van der Waals surface area contributed by atoms with E-state index in [1.165, 1.54) is 17.4 Å². The van der Waals surface area contributed by atoms with Gasteiger partial charge in [0.2, 0.25) is 0 Å².